The number of carbonyl (C=O) groups excluding carboxylic acids is 2. The first kappa shape index (κ1) is 13.9. The number of carbonyl (C=O) groups is 2. The summed E-state index contributed by atoms with van der Waals surface area (Å²) < 4.78 is 5.18. The molecule has 0 bridgehead atoms. The van der Waals surface area contributed by atoms with Gasteiger partial charge in [0, 0.05) is 31.8 Å². The van der Waals surface area contributed by atoms with Gasteiger partial charge in [0.2, 0.25) is 11.8 Å². The summed E-state index contributed by atoms with van der Waals surface area (Å²) in [5.41, 5.74) is 0.699. The molecule has 102 valence electrons. The Balaban J connectivity index is 2.09. The fourth-order valence-electron chi connectivity index (χ4n) is 2.11. The minimum absolute atomic E-state index is 0.0560. The van der Waals surface area contributed by atoms with E-state index in [1.165, 1.54) is 18.9 Å². The van der Waals surface area contributed by atoms with Crippen LogP contribution in [0.5, 0.6) is 5.88 Å². The Labute approximate surface area is 116 Å². The maximum Gasteiger partial charge on any atom is 0.237 e. The van der Waals surface area contributed by atoms with Crippen LogP contribution in [-0.4, -0.2) is 35.4 Å². The van der Waals surface area contributed by atoms with Crippen molar-refractivity contribution in [3.8, 4) is 5.88 Å². The SMILES string of the molecule is COc1ncccc1N1CC(CSC(C)=O)CC1=O. The lowest BCUT2D eigenvalue weighted by atomic mass is 10.1. The van der Waals surface area contributed by atoms with Crippen LogP contribution in [0.4, 0.5) is 5.69 Å². The van der Waals surface area contributed by atoms with E-state index in [1.54, 1.807) is 24.1 Å². The predicted molar refractivity (Wildman–Crippen MR) is 74.4 cm³/mol. The standard InChI is InChI=1S/C13H16N2O3S/c1-9(16)19-8-10-6-12(17)15(7-10)11-4-3-5-14-13(11)18-2/h3-5,10H,6-8H2,1-2H3. The van der Waals surface area contributed by atoms with Crippen LogP contribution in [0.2, 0.25) is 0 Å². The van der Waals surface area contributed by atoms with E-state index in [0.717, 1.165) is 0 Å². The van der Waals surface area contributed by atoms with E-state index < -0.39 is 0 Å². The van der Waals surface area contributed by atoms with Gasteiger partial charge in [-0.25, -0.2) is 4.98 Å². The van der Waals surface area contributed by atoms with Crippen LogP contribution in [0, 0.1) is 5.92 Å². The van der Waals surface area contributed by atoms with Gasteiger partial charge in [-0.3, -0.25) is 9.59 Å². The van der Waals surface area contributed by atoms with Crippen molar-refractivity contribution in [1.82, 2.24) is 4.98 Å². The van der Waals surface area contributed by atoms with Crippen LogP contribution in [0.15, 0.2) is 18.3 Å². The Kier molecular flexibility index (Phi) is 4.42. The normalized spacial score (nSPS) is 18.7. The zero-order valence-electron chi connectivity index (χ0n) is 11.0. The van der Waals surface area contributed by atoms with E-state index in [4.69, 9.17) is 4.74 Å². The molecular formula is C13H16N2O3S. The van der Waals surface area contributed by atoms with E-state index in [-0.39, 0.29) is 16.9 Å². The third kappa shape index (κ3) is 3.26. The molecule has 2 heterocycles. The van der Waals surface area contributed by atoms with Crippen molar-refractivity contribution >= 4 is 28.5 Å². The average molecular weight is 280 g/mol. The van der Waals surface area contributed by atoms with Crippen molar-refractivity contribution in [3.05, 3.63) is 18.3 Å². The summed E-state index contributed by atoms with van der Waals surface area (Å²) in [5.74, 6) is 1.39. The number of hydrogen-bond donors (Lipinski definition) is 0. The van der Waals surface area contributed by atoms with Gasteiger partial charge in [-0.2, -0.15) is 0 Å². The lowest BCUT2D eigenvalue weighted by Crippen LogP contribution is -2.25. The number of amides is 1. The molecule has 1 aliphatic heterocycles. The maximum absolute atomic E-state index is 12.0. The van der Waals surface area contributed by atoms with Gasteiger partial charge in [0.25, 0.3) is 0 Å². The lowest BCUT2D eigenvalue weighted by Gasteiger charge is -2.18. The Bertz CT molecular complexity index is 493. The van der Waals surface area contributed by atoms with Gasteiger partial charge < -0.3 is 9.64 Å². The molecule has 5 nitrogen and oxygen atoms in total. The first-order valence-corrected chi connectivity index (χ1v) is 7.03. The Hall–Kier alpha value is -1.56. The summed E-state index contributed by atoms with van der Waals surface area (Å²) in [6, 6.07) is 3.60. The Morgan fingerprint density at radius 1 is 1.63 bits per heavy atom. The van der Waals surface area contributed by atoms with Gasteiger partial charge in [-0.05, 0) is 18.1 Å². The zero-order valence-corrected chi connectivity index (χ0v) is 11.8. The largest absolute Gasteiger partial charge is 0.480 e. The van der Waals surface area contributed by atoms with E-state index >= 15 is 0 Å². The summed E-state index contributed by atoms with van der Waals surface area (Å²) >= 11 is 1.27. The highest BCUT2D eigenvalue weighted by molar-refractivity contribution is 8.13. The monoisotopic (exact) mass is 280 g/mol. The molecule has 1 amide bonds. The third-order valence-corrected chi connectivity index (χ3v) is 4.01. The van der Waals surface area contributed by atoms with E-state index in [9.17, 15) is 9.59 Å². The number of aromatic nitrogens is 1. The molecule has 0 aliphatic carbocycles. The summed E-state index contributed by atoms with van der Waals surface area (Å²) in [4.78, 5) is 28.8. The number of hydrogen-bond acceptors (Lipinski definition) is 5. The summed E-state index contributed by atoms with van der Waals surface area (Å²) in [7, 11) is 1.54. The number of thioether (sulfide) groups is 1. The fourth-order valence-corrected chi connectivity index (χ4v) is 2.80. The van der Waals surface area contributed by atoms with Crippen molar-refractivity contribution in [3.63, 3.8) is 0 Å². The second-order valence-corrected chi connectivity index (χ2v) is 5.61. The van der Waals surface area contributed by atoms with Crippen molar-refractivity contribution in [2.45, 2.75) is 13.3 Å². The highest BCUT2D eigenvalue weighted by Gasteiger charge is 2.32. The zero-order chi connectivity index (χ0) is 13.8. The van der Waals surface area contributed by atoms with Gasteiger partial charge in [-0.15, -0.1) is 0 Å². The molecule has 6 heteroatoms. The number of nitrogens with zero attached hydrogens (tertiary/aromatic N) is 2. The highest BCUT2D eigenvalue weighted by Crippen LogP contribution is 2.32. The molecule has 0 spiro atoms. The van der Waals surface area contributed by atoms with Gasteiger partial charge in [-0.1, -0.05) is 11.8 Å². The molecular weight excluding hydrogens is 264 g/mol. The molecule has 1 aromatic heterocycles. The van der Waals surface area contributed by atoms with Crippen LogP contribution < -0.4 is 9.64 Å². The molecule has 1 saturated heterocycles. The average Bonchev–Trinajstić information content (AvgIpc) is 2.77. The van der Waals surface area contributed by atoms with Crippen molar-refractivity contribution in [1.29, 1.82) is 0 Å². The molecule has 2 rings (SSSR count). The van der Waals surface area contributed by atoms with Gasteiger partial charge in [0.1, 0.15) is 5.69 Å². The van der Waals surface area contributed by atoms with E-state index in [2.05, 4.69) is 4.98 Å². The number of methoxy groups -OCH3 is 1. The molecule has 0 N–H and O–H groups in total. The number of pyridine rings is 1. The predicted octanol–water partition coefficient (Wildman–Crippen LogP) is 1.72. The van der Waals surface area contributed by atoms with Crippen molar-refractivity contribution < 1.29 is 14.3 Å². The minimum atomic E-state index is 0.0560. The number of rotatable bonds is 4. The van der Waals surface area contributed by atoms with E-state index in [0.29, 0.717) is 30.3 Å². The Morgan fingerprint density at radius 3 is 3.11 bits per heavy atom. The first-order chi connectivity index (χ1) is 9.11. The van der Waals surface area contributed by atoms with E-state index in [1.807, 2.05) is 6.07 Å². The first-order valence-electron chi connectivity index (χ1n) is 6.04. The topological polar surface area (TPSA) is 59.5 Å². The molecule has 0 aromatic carbocycles. The summed E-state index contributed by atoms with van der Waals surface area (Å²) in [5, 5.41) is 0.0878. The van der Waals surface area contributed by atoms with Gasteiger partial charge >= 0.3 is 0 Å². The highest BCUT2D eigenvalue weighted by atomic mass is 32.2. The molecule has 1 unspecified atom stereocenters. The number of anilines is 1. The molecule has 1 fully saturated rings. The second kappa shape index (κ2) is 6.06. The fraction of sp³-hybridized carbons (Fsp3) is 0.462. The Morgan fingerprint density at radius 2 is 2.42 bits per heavy atom. The molecule has 0 saturated carbocycles. The molecule has 0 radical (unpaired) electrons. The molecule has 19 heavy (non-hydrogen) atoms. The van der Waals surface area contributed by atoms with Gasteiger partial charge in [0.05, 0.1) is 7.11 Å². The van der Waals surface area contributed by atoms with Crippen LogP contribution >= 0.6 is 11.8 Å². The van der Waals surface area contributed by atoms with Crippen molar-refractivity contribution in [2.75, 3.05) is 24.3 Å². The van der Waals surface area contributed by atoms with Crippen LogP contribution in [-0.2, 0) is 9.59 Å². The van der Waals surface area contributed by atoms with Crippen LogP contribution in [0.25, 0.3) is 0 Å². The molecule has 1 aliphatic rings. The third-order valence-electron chi connectivity index (χ3n) is 2.96. The maximum atomic E-state index is 12.0. The van der Waals surface area contributed by atoms with Gasteiger partial charge in [0.15, 0.2) is 5.12 Å². The quantitative estimate of drug-likeness (QED) is 0.840. The molecule has 1 atom stereocenters. The summed E-state index contributed by atoms with van der Waals surface area (Å²) in [6.07, 6.45) is 2.10. The van der Waals surface area contributed by atoms with Crippen LogP contribution in [0.1, 0.15) is 13.3 Å². The lowest BCUT2D eigenvalue weighted by molar-refractivity contribution is -0.117. The second-order valence-electron chi connectivity index (χ2n) is 4.41. The smallest absolute Gasteiger partial charge is 0.237 e. The summed E-state index contributed by atoms with van der Waals surface area (Å²) in [6.45, 7) is 2.16. The number of ether oxygens (including phenoxy) is 1. The van der Waals surface area contributed by atoms with Crippen molar-refractivity contribution in [2.24, 2.45) is 5.92 Å². The minimum Gasteiger partial charge on any atom is -0.480 e. The van der Waals surface area contributed by atoms with Crippen LogP contribution in [0.3, 0.4) is 0 Å². The molecule has 1 aromatic rings.